The van der Waals surface area contributed by atoms with Gasteiger partial charge in [-0.25, -0.2) is 4.98 Å². The fourth-order valence-corrected chi connectivity index (χ4v) is 6.31. The fourth-order valence-electron chi connectivity index (χ4n) is 6.31. The Morgan fingerprint density at radius 3 is 2.44 bits per heavy atom. The van der Waals surface area contributed by atoms with Crippen molar-refractivity contribution >= 4 is 32.7 Å². The molecule has 0 unspecified atom stereocenters. The van der Waals surface area contributed by atoms with E-state index in [4.69, 9.17) is 9.97 Å². The number of aromatic nitrogens is 3. The largest absolute Gasteiger partial charge is 0.304 e. The van der Waals surface area contributed by atoms with Crippen LogP contribution in [0.25, 0.3) is 60.8 Å². The van der Waals surface area contributed by atoms with Crippen molar-refractivity contribution < 1.29 is 20.1 Å². The van der Waals surface area contributed by atoms with Gasteiger partial charge in [-0.05, 0) is 69.6 Å². The summed E-state index contributed by atoms with van der Waals surface area (Å²) in [7, 11) is 0. The normalized spacial score (nSPS) is 13.4. The first-order chi connectivity index (χ1) is 18.6. The molecule has 1 aliphatic rings. The van der Waals surface area contributed by atoms with Crippen LogP contribution in [0.5, 0.6) is 0 Å². The molecule has 3 nitrogen and oxygen atoms in total. The Hall–Kier alpha value is -4.11. The van der Waals surface area contributed by atoms with Crippen LogP contribution in [0.15, 0.2) is 109 Å². The van der Waals surface area contributed by atoms with E-state index in [2.05, 4.69) is 109 Å². The Labute approximate surface area is 240 Å². The van der Waals surface area contributed by atoms with Crippen LogP contribution in [0.2, 0.25) is 0 Å². The van der Waals surface area contributed by atoms with Crippen molar-refractivity contribution in [3.8, 4) is 28.1 Å². The molecule has 189 valence electrons. The van der Waals surface area contributed by atoms with Crippen LogP contribution in [-0.4, -0.2) is 14.5 Å². The van der Waals surface area contributed by atoms with Gasteiger partial charge in [0.05, 0.1) is 11.2 Å². The van der Waals surface area contributed by atoms with Gasteiger partial charge in [0.25, 0.3) is 0 Å². The SMILES string of the molecule is CC1(C)c2ccccc2-n2c3ncccc3c3cc(-c4cc[c-]c(-c5nccc6ccccc56)c4)cc1c32.[Ir]. The zero-order valence-corrected chi connectivity index (χ0v) is 24.0. The van der Waals surface area contributed by atoms with E-state index < -0.39 is 0 Å². The van der Waals surface area contributed by atoms with Crippen molar-refractivity contribution in [1.82, 2.24) is 14.5 Å². The van der Waals surface area contributed by atoms with Crippen LogP contribution in [0.4, 0.5) is 0 Å². The first-order valence-corrected chi connectivity index (χ1v) is 13.0. The molecule has 0 saturated heterocycles. The first-order valence-electron chi connectivity index (χ1n) is 13.0. The van der Waals surface area contributed by atoms with Gasteiger partial charge in [0.1, 0.15) is 5.65 Å². The summed E-state index contributed by atoms with van der Waals surface area (Å²) in [6, 6.07) is 38.0. The summed E-state index contributed by atoms with van der Waals surface area (Å²) in [6.45, 7) is 4.67. The molecular weight excluding hydrogens is 655 g/mol. The van der Waals surface area contributed by atoms with Gasteiger partial charge in [0.2, 0.25) is 0 Å². The number of pyridine rings is 2. The topological polar surface area (TPSA) is 30.7 Å². The summed E-state index contributed by atoms with van der Waals surface area (Å²) < 4.78 is 2.36. The second kappa shape index (κ2) is 8.71. The quantitative estimate of drug-likeness (QED) is 0.172. The zero-order chi connectivity index (χ0) is 25.4. The predicted octanol–water partition coefficient (Wildman–Crippen LogP) is 8.50. The molecule has 1 radical (unpaired) electrons. The number of nitrogens with zero attached hydrogens (tertiary/aromatic N) is 3. The number of fused-ring (bicyclic) bond motifs is 6. The number of hydrogen-bond donors (Lipinski definition) is 0. The summed E-state index contributed by atoms with van der Waals surface area (Å²) in [6.07, 6.45) is 3.78. The van der Waals surface area contributed by atoms with E-state index in [-0.39, 0.29) is 25.5 Å². The molecule has 0 N–H and O–H groups in total. The van der Waals surface area contributed by atoms with Gasteiger partial charge >= 0.3 is 0 Å². The Bertz CT molecular complexity index is 2060. The monoisotopic (exact) mass is 679 g/mol. The summed E-state index contributed by atoms with van der Waals surface area (Å²) >= 11 is 0. The maximum Gasteiger partial charge on any atom is 0.145 e. The molecule has 0 bridgehead atoms. The van der Waals surface area contributed by atoms with E-state index in [0.717, 1.165) is 27.9 Å². The van der Waals surface area contributed by atoms with Crippen LogP contribution < -0.4 is 0 Å². The van der Waals surface area contributed by atoms with Crippen molar-refractivity contribution in [2.45, 2.75) is 19.3 Å². The molecule has 0 spiro atoms. The van der Waals surface area contributed by atoms with E-state index in [0.29, 0.717) is 0 Å². The van der Waals surface area contributed by atoms with Crippen molar-refractivity contribution in [3.05, 3.63) is 127 Å². The van der Waals surface area contributed by atoms with Crippen LogP contribution in [0.1, 0.15) is 25.0 Å². The Balaban J connectivity index is 0.00000253. The molecule has 39 heavy (non-hydrogen) atoms. The van der Waals surface area contributed by atoms with Gasteiger partial charge in [-0.2, -0.15) is 0 Å². The van der Waals surface area contributed by atoms with Crippen molar-refractivity contribution in [2.75, 3.05) is 0 Å². The average molecular weight is 679 g/mol. The van der Waals surface area contributed by atoms with Gasteiger partial charge in [-0.1, -0.05) is 56.3 Å². The molecule has 4 heteroatoms. The molecule has 3 aromatic heterocycles. The molecule has 4 aromatic carbocycles. The minimum absolute atomic E-state index is 0. The van der Waals surface area contributed by atoms with Crippen molar-refractivity contribution in [2.24, 2.45) is 0 Å². The number of para-hydroxylation sites is 1. The minimum atomic E-state index is -0.157. The maximum absolute atomic E-state index is 4.85. The van der Waals surface area contributed by atoms with Crippen LogP contribution in [-0.2, 0) is 25.5 Å². The Kier molecular flexibility index (Phi) is 5.35. The second-order valence-electron chi connectivity index (χ2n) is 10.6. The van der Waals surface area contributed by atoms with Gasteiger partial charge in [0.15, 0.2) is 0 Å². The molecule has 0 aliphatic carbocycles. The number of hydrogen-bond acceptors (Lipinski definition) is 2. The van der Waals surface area contributed by atoms with E-state index in [1.54, 1.807) is 0 Å². The number of rotatable bonds is 2. The van der Waals surface area contributed by atoms with E-state index in [9.17, 15) is 0 Å². The molecule has 8 rings (SSSR count). The predicted molar refractivity (Wildman–Crippen MR) is 156 cm³/mol. The molecule has 0 atom stereocenters. The van der Waals surface area contributed by atoms with Crippen LogP contribution >= 0.6 is 0 Å². The second-order valence-corrected chi connectivity index (χ2v) is 10.6. The summed E-state index contributed by atoms with van der Waals surface area (Å²) in [5.41, 5.74) is 10.3. The zero-order valence-electron chi connectivity index (χ0n) is 21.6. The fraction of sp³-hybridized carbons (Fsp3) is 0.0857. The van der Waals surface area contributed by atoms with Crippen molar-refractivity contribution in [3.63, 3.8) is 0 Å². The van der Waals surface area contributed by atoms with Crippen molar-refractivity contribution in [1.29, 1.82) is 0 Å². The summed E-state index contributed by atoms with van der Waals surface area (Å²) in [5, 5.41) is 4.74. The molecule has 0 fully saturated rings. The summed E-state index contributed by atoms with van der Waals surface area (Å²) in [5.74, 6) is 0. The van der Waals surface area contributed by atoms with Gasteiger partial charge in [0, 0.05) is 48.7 Å². The van der Waals surface area contributed by atoms with E-state index in [1.165, 1.54) is 44.1 Å². The van der Waals surface area contributed by atoms with Gasteiger partial charge in [-0.3, -0.25) is 4.57 Å². The third-order valence-electron chi connectivity index (χ3n) is 8.18. The van der Waals surface area contributed by atoms with Gasteiger partial charge < -0.3 is 4.98 Å². The maximum atomic E-state index is 4.85. The van der Waals surface area contributed by atoms with Crippen LogP contribution in [0, 0.1) is 6.07 Å². The van der Waals surface area contributed by atoms with Crippen LogP contribution in [0.3, 0.4) is 0 Å². The average Bonchev–Trinajstić information content (AvgIpc) is 3.30. The molecule has 4 heterocycles. The smallest absolute Gasteiger partial charge is 0.145 e. The molecule has 7 aromatic rings. The Morgan fingerprint density at radius 2 is 1.51 bits per heavy atom. The molecule has 0 saturated carbocycles. The minimum Gasteiger partial charge on any atom is -0.304 e. The molecular formula is C35H24IrN3-. The number of benzene rings is 4. The molecule has 1 aliphatic heterocycles. The third-order valence-corrected chi connectivity index (χ3v) is 8.18. The van der Waals surface area contributed by atoms with Gasteiger partial charge in [-0.15, -0.1) is 35.4 Å². The molecule has 0 amide bonds. The third kappa shape index (κ3) is 3.39. The van der Waals surface area contributed by atoms with E-state index in [1.807, 2.05) is 24.5 Å². The summed E-state index contributed by atoms with van der Waals surface area (Å²) in [4.78, 5) is 9.60. The van der Waals surface area contributed by atoms with E-state index >= 15 is 0 Å². The first kappa shape index (κ1) is 24.0. The standard InChI is InChI=1S/C35H24N3.Ir/c1-35(2)29-14-5-6-15-31(29)38-33-28(27-13-8-17-37-34(27)38)20-25(21-30(33)35)23-10-7-11-24(19-23)32-26-12-4-3-9-22(26)16-18-36-32;/h3-10,12-21H,1-2H3;/q-1;. The Morgan fingerprint density at radius 1 is 0.692 bits per heavy atom.